The molecular weight excluding hydrogens is 300 g/mol. The van der Waals surface area contributed by atoms with Crippen LogP contribution in [-0.4, -0.2) is 16.6 Å². The summed E-state index contributed by atoms with van der Waals surface area (Å²) in [7, 11) is 0. The zero-order valence-electron chi connectivity index (χ0n) is 11.9. The summed E-state index contributed by atoms with van der Waals surface area (Å²) in [4.78, 5) is 24.5. The second-order valence-corrected chi connectivity index (χ2v) is 6.19. The number of nitrogens with zero attached hydrogens (tertiary/aromatic N) is 2. The van der Waals surface area contributed by atoms with Gasteiger partial charge in [0.25, 0.3) is 5.69 Å². The number of benzene rings is 2. The van der Waals surface area contributed by atoms with Crippen molar-refractivity contribution in [1.29, 1.82) is 0 Å². The normalized spacial score (nSPS) is 17.8. The van der Waals surface area contributed by atoms with Gasteiger partial charge in [-0.3, -0.25) is 19.8 Å². The lowest BCUT2D eigenvalue weighted by molar-refractivity contribution is -0.384. The molecule has 0 bridgehead atoms. The summed E-state index contributed by atoms with van der Waals surface area (Å²) < 4.78 is 0. The van der Waals surface area contributed by atoms with Gasteiger partial charge in [0.05, 0.1) is 10.7 Å². The van der Waals surface area contributed by atoms with Gasteiger partial charge in [0.2, 0.25) is 5.91 Å². The molecule has 1 unspecified atom stereocenters. The fourth-order valence-corrected chi connectivity index (χ4v) is 3.69. The number of carbonyl (C=O) groups excluding carboxylic acids is 1. The minimum absolute atomic E-state index is 0.0205. The molecule has 6 heteroatoms. The highest BCUT2D eigenvalue weighted by Gasteiger charge is 2.34. The van der Waals surface area contributed by atoms with E-state index in [9.17, 15) is 14.9 Å². The van der Waals surface area contributed by atoms with Crippen molar-refractivity contribution >= 4 is 29.0 Å². The summed E-state index contributed by atoms with van der Waals surface area (Å²) in [5, 5.41) is 10.7. The molecule has 1 aliphatic heterocycles. The summed E-state index contributed by atoms with van der Waals surface area (Å²) >= 11 is 1.49. The molecule has 22 heavy (non-hydrogen) atoms. The van der Waals surface area contributed by atoms with E-state index in [0.29, 0.717) is 5.75 Å². The van der Waals surface area contributed by atoms with E-state index in [1.807, 2.05) is 37.3 Å². The van der Waals surface area contributed by atoms with Crippen LogP contribution in [-0.2, 0) is 4.79 Å². The van der Waals surface area contributed by atoms with Gasteiger partial charge in [0.1, 0.15) is 5.37 Å². The number of rotatable bonds is 3. The van der Waals surface area contributed by atoms with Crippen molar-refractivity contribution in [3.63, 3.8) is 0 Å². The second-order valence-electron chi connectivity index (χ2n) is 5.12. The molecule has 0 radical (unpaired) electrons. The smallest absolute Gasteiger partial charge is 0.269 e. The summed E-state index contributed by atoms with van der Waals surface area (Å²) in [6, 6.07) is 14.2. The van der Waals surface area contributed by atoms with Gasteiger partial charge in [-0.15, -0.1) is 11.8 Å². The first-order chi connectivity index (χ1) is 10.6. The maximum absolute atomic E-state index is 12.3. The lowest BCUT2D eigenvalue weighted by atomic mass is 10.1. The molecule has 1 fully saturated rings. The molecule has 1 aliphatic rings. The van der Waals surface area contributed by atoms with Crippen molar-refractivity contribution in [2.45, 2.75) is 12.3 Å². The number of aryl methyl sites for hydroxylation is 1. The van der Waals surface area contributed by atoms with E-state index in [1.54, 1.807) is 17.0 Å². The third-order valence-corrected chi connectivity index (χ3v) is 4.73. The average molecular weight is 314 g/mol. The molecule has 1 amide bonds. The maximum Gasteiger partial charge on any atom is 0.269 e. The van der Waals surface area contributed by atoms with Crippen LogP contribution in [0, 0.1) is 17.0 Å². The highest BCUT2D eigenvalue weighted by atomic mass is 32.2. The van der Waals surface area contributed by atoms with E-state index in [0.717, 1.165) is 16.8 Å². The molecular formula is C16H14N2O3S. The predicted molar refractivity (Wildman–Crippen MR) is 87.0 cm³/mol. The monoisotopic (exact) mass is 314 g/mol. The lowest BCUT2D eigenvalue weighted by Crippen LogP contribution is -2.27. The van der Waals surface area contributed by atoms with Crippen LogP contribution in [0.5, 0.6) is 0 Å². The number of non-ortho nitro benzene ring substituents is 1. The van der Waals surface area contributed by atoms with Crippen molar-refractivity contribution in [3.8, 4) is 0 Å². The Kier molecular flexibility index (Phi) is 3.85. The number of amides is 1. The van der Waals surface area contributed by atoms with Crippen LogP contribution in [0.25, 0.3) is 0 Å². The summed E-state index contributed by atoms with van der Waals surface area (Å²) in [5.74, 6) is 0.397. The van der Waals surface area contributed by atoms with Gasteiger partial charge in [0.15, 0.2) is 0 Å². The Labute approximate surface area is 132 Å². The van der Waals surface area contributed by atoms with Gasteiger partial charge in [-0.05, 0) is 30.2 Å². The first-order valence-corrected chi connectivity index (χ1v) is 7.86. The van der Waals surface area contributed by atoms with Crippen LogP contribution < -0.4 is 4.90 Å². The number of hydrogen-bond acceptors (Lipinski definition) is 4. The fraction of sp³-hybridized carbons (Fsp3) is 0.188. The van der Waals surface area contributed by atoms with Gasteiger partial charge in [0, 0.05) is 17.8 Å². The minimum Gasteiger partial charge on any atom is -0.295 e. The van der Waals surface area contributed by atoms with Gasteiger partial charge < -0.3 is 0 Å². The predicted octanol–water partition coefficient (Wildman–Crippen LogP) is 3.68. The average Bonchev–Trinajstić information content (AvgIpc) is 2.89. The Morgan fingerprint density at radius 3 is 2.73 bits per heavy atom. The van der Waals surface area contributed by atoms with Crippen molar-refractivity contribution < 1.29 is 9.72 Å². The van der Waals surface area contributed by atoms with Gasteiger partial charge in [-0.25, -0.2) is 0 Å². The molecule has 5 nitrogen and oxygen atoms in total. The molecule has 0 aliphatic carbocycles. The van der Waals surface area contributed by atoms with E-state index in [2.05, 4.69) is 0 Å². The number of nitro groups is 1. The molecule has 0 spiro atoms. The second kappa shape index (κ2) is 5.81. The first kappa shape index (κ1) is 14.6. The zero-order chi connectivity index (χ0) is 15.7. The van der Waals surface area contributed by atoms with Gasteiger partial charge >= 0.3 is 0 Å². The zero-order valence-corrected chi connectivity index (χ0v) is 12.7. The molecule has 0 aromatic heterocycles. The third-order valence-electron chi connectivity index (χ3n) is 3.51. The van der Waals surface area contributed by atoms with E-state index in [-0.39, 0.29) is 17.0 Å². The Balaban J connectivity index is 2.00. The summed E-state index contributed by atoms with van der Waals surface area (Å²) in [6.45, 7) is 1.97. The van der Waals surface area contributed by atoms with Crippen molar-refractivity contribution in [1.82, 2.24) is 0 Å². The number of carbonyl (C=O) groups is 1. The van der Waals surface area contributed by atoms with Crippen molar-refractivity contribution in [3.05, 3.63) is 69.8 Å². The van der Waals surface area contributed by atoms with Crippen LogP contribution >= 0.6 is 11.8 Å². The maximum atomic E-state index is 12.3. The number of thioether (sulfide) groups is 1. The fourth-order valence-electron chi connectivity index (χ4n) is 2.52. The SMILES string of the molecule is Cc1cccc(N2C(=O)CSC2c2cccc([N+](=O)[O-])c2)c1. The summed E-state index contributed by atoms with van der Waals surface area (Å²) in [5.41, 5.74) is 2.71. The number of nitro benzene ring substituents is 1. The highest BCUT2D eigenvalue weighted by Crippen LogP contribution is 2.42. The molecule has 1 saturated heterocycles. The quantitative estimate of drug-likeness (QED) is 0.640. The first-order valence-electron chi connectivity index (χ1n) is 6.81. The summed E-state index contributed by atoms with van der Waals surface area (Å²) in [6.07, 6.45) is 0. The van der Waals surface area contributed by atoms with Crippen LogP contribution in [0.1, 0.15) is 16.5 Å². The van der Waals surface area contributed by atoms with E-state index >= 15 is 0 Å². The molecule has 3 rings (SSSR count). The van der Waals surface area contributed by atoms with Crippen LogP contribution in [0.15, 0.2) is 48.5 Å². The minimum atomic E-state index is -0.415. The molecule has 112 valence electrons. The molecule has 1 atom stereocenters. The molecule has 2 aromatic carbocycles. The Morgan fingerprint density at radius 2 is 2.00 bits per heavy atom. The number of anilines is 1. The molecule has 0 N–H and O–H groups in total. The number of hydrogen-bond donors (Lipinski definition) is 0. The van der Waals surface area contributed by atoms with E-state index < -0.39 is 4.92 Å². The third kappa shape index (κ3) is 2.69. The molecule has 1 heterocycles. The van der Waals surface area contributed by atoms with Gasteiger partial charge in [-0.2, -0.15) is 0 Å². The topological polar surface area (TPSA) is 63.5 Å². The van der Waals surface area contributed by atoms with Crippen LogP contribution in [0.4, 0.5) is 11.4 Å². The Bertz CT molecular complexity index is 748. The standard InChI is InChI=1S/C16H14N2O3S/c1-11-4-2-6-13(8-11)17-15(19)10-22-16(17)12-5-3-7-14(9-12)18(20)21/h2-9,16H,10H2,1H3. The lowest BCUT2D eigenvalue weighted by Gasteiger charge is -2.24. The van der Waals surface area contributed by atoms with E-state index in [4.69, 9.17) is 0 Å². The van der Waals surface area contributed by atoms with Gasteiger partial charge in [-0.1, -0.05) is 24.3 Å². The highest BCUT2D eigenvalue weighted by molar-refractivity contribution is 8.00. The Morgan fingerprint density at radius 1 is 1.23 bits per heavy atom. The van der Waals surface area contributed by atoms with Crippen LogP contribution in [0.3, 0.4) is 0 Å². The van der Waals surface area contributed by atoms with Crippen LogP contribution in [0.2, 0.25) is 0 Å². The van der Waals surface area contributed by atoms with E-state index in [1.165, 1.54) is 17.8 Å². The largest absolute Gasteiger partial charge is 0.295 e. The molecule has 0 saturated carbocycles. The van der Waals surface area contributed by atoms with Crippen molar-refractivity contribution in [2.24, 2.45) is 0 Å². The molecule has 2 aromatic rings. The van der Waals surface area contributed by atoms with Crippen molar-refractivity contribution in [2.75, 3.05) is 10.7 Å². The Hall–Kier alpha value is -2.34.